The number of hydrogen-bond donors (Lipinski definition) is 0. The molecule has 0 radical (unpaired) electrons. The van der Waals surface area contributed by atoms with Gasteiger partial charge in [-0.3, -0.25) is 0 Å². The minimum atomic E-state index is -0.0786. The van der Waals surface area contributed by atoms with E-state index in [0.29, 0.717) is 0 Å². The molecule has 0 aromatic heterocycles. The number of hydrogen-bond acceptors (Lipinski definition) is 3. The van der Waals surface area contributed by atoms with Crippen LogP contribution in [0.5, 0.6) is 0 Å². The van der Waals surface area contributed by atoms with Crippen molar-refractivity contribution in [3.8, 4) is 22.3 Å². The molecule has 0 spiro atoms. The molecule has 0 unspecified atom stereocenters. The molecule has 1 aliphatic carbocycles. The van der Waals surface area contributed by atoms with Gasteiger partial charge in [-0.15, -0.1) is 0 Å². The summed E-state index contributed by atoms with van der Waals surface area (Å²) in [5.74, 6) is 0. The zero-order valence-electron chi connectivity index (χ0n) is 45.2. The van der Waals surface area contributed by atoms with Crippen LogP contribution in [0.3, 0.4) is 0 Å². The van der Waals surface area contributed by atoms with E-state index in [2.05, 4.69) is 291 Å². The van der Waals surface area contributed by atoms with Crippen molar-refractivity contribution in [2.45, 2.75) is 104 Å². The molecule has 0 atom stereocenters. The van der Waals surface area contributed by atoms with E-state index in [9.17, 15) is 0 Å². The van der Waals surface area contributed by atoms with Gasteiger partial charge >= 0.3 is 0 Å². The summed E-state index contributed by atoms with van der Waals surface area (Å²) in [6.07, 6.45) is 1.08. The van der Waals surface area contributed by atoms with Crippen LogP contribution in [0, 0.1) is 6.92 Å². The smallest absolute Gasteiger partial charge is 0.252 e. The lowest BCUT2D eigenvalue weighted by molar-refractivity contribution is 0.403. The summed E-state index contributed by atoms with van der Waals surface area (Å²) in [5, 5.41) is 0. The monoisotopic (exact) mass is 962 g/mol. The summed E-state index contributed by atoms with van der Waals surface area (Å²) in [4.78, 5) is 7.75. The van der Waals surface area contributed by atoms with E-state index in [1.54, 1.807) is 0 Å². The van der Waals surface area contributed by atoms with Gasteiger partial charge in [-0.1, -0.05) is 203 Å². The third kappa shape index (κ3) is 7.88. The van der Waals surface area contributed by atoms with Gasteiger partial charge in [0, 0.05) is 45.4 Å². The van der Waals surface area contributed by atoms with Gasteiger partial charge in [0.15, 0.2) is 0 Å². The SMILES string of the molecule is Cc1cc(C(C)(C)C)ccc1N1c2ccc(-c3ccccc3)cc2B2c3cc4c(cc3N(c3ccc(C(C)(C)C)cc3-c3ccccc3)c3cc(N(c5ccccc5)c5ccccc5)cc1c32)C(C)(C)CC4(C)C. The summed E-state index contributed by atoms with van der Waals surface area (Å²) in [5.41, 5.74) is 26.0. The van der Waals surface area contributed by atoms with Crippen molar-refractivity contribution >= 4 is 74.3 Å². The van der Waals surface area contributed by atoms with Crippen molar-refractivity contribution in [3.05, 3.63) is 228 Å². The third-order valence-electron chi connectivity index (χ3n) is 16.4. The fourth-order valence-corrected chi connectivity index (χ4v) is 12.9. The zero-order chi connectivity index (χ0) is 51.5. The van der Waals surface area contributed by atoms with Crippen LogP contribution in [0.4, 0.5) is 51.2 Å². The van der Waals surface area contributed by atoms with Crippen LogP contribution in [0.2, 0.25) is 0 Å². The van der Waals surface area contributed by atoms with Gasteiger partial charge < -0.3 is 14.7 Å². The molecule has 0 saturated heterocycles. The molecule has 3 nitrogen and oxygen atoms in total. The number of nitrogens with zero attached hydrogens (tertiary/aromatic N) is 3. The highest BCUT2D eigenvalue weighted by Crippen LogP contribution is 2.55. The Balaban J connectivity index is 1.26. The van der Waals surface area contributed by atoms with Gasteiger partial charge in [0.2, 0.25) is 0 Å². The fraction of sp³-hybridized carbons (Fsp3) is 0.229. The molecular weight excluding hydrogens is 894 g/mol. The highest BCUT2D eigenvalue weighted by Gasteiger charge is 2.49. The summed E-state index contributed by atoms with van der Waals surface area (Å²) in [6, 6.07) is 75.9. The first-order valence-corrected chi connectivity index (χ1v) is 26.8. The van der Waals surface area contributed by atoms with Crippen molar-refractivity contribution in [2.24, 2.45) is 0 Å². The third-order valence-corrected chi connectivity index (χ3v) is 16.4. The Bertz CT molecular complexity index is 3580. The molecule has 12 rings (SSSR count). The largest absolute Gasteiger partial charge is 0.311 e. The second-order valence-electron chi connectivity index (χ2n) is 24.6. The highest BCUT2D eigenvalue weighted by molar-refractivity contribution is 7.00. The van der Waals surface area contributed by atoms with E-state index in [1.807, 2.05) is 0 Å². The molecule has 4 heteroatoms. The maximum Gasteiger partial charge on any atom is 0.252 e. The second kappa shape index (κ2) is 17.3. The molecule has 9 aromatic rings. The lowest BCUT2D eigenvalue weighted by Crippen LogP contribution is -2.61. The number of para-hydroxylation sites is 2. The highest BCUT2D eigenvalue weighted by atomic mass is 15.2. The number of aryl methyl sites for hydroxylation is 1. The summed E-state index contributed by atoms with van der Waals surface area (Å²) in [6.45, 7) is 26.0. The molecular formula is C70H68BN3. The quantitative estimate of drug-likeness (QED) is 0.147. The summed E-state index contributed by atoms with van der Waals surface area (Å²) in [7, 11) is 0. The van der Waals surface area contributed by atoms with Crippen LogP contribution in [0.15, 0.2) is 200 Å². The molecule has 366 valence electrons. The molecule has 74 heavy (non-hydrogen) atoms. The first-order chi connectivity index (χ1) is 35.4. The van der Waals surface area contributed by atoms with E-state index in [-0.39, 0.29) is 28.4 Å². The topological polar surface area (TPSA) is 9.72 Å². The number of rotatable bonds is 7. The van der Waals surface area contributed by atoms with E-state index in [4.69, 9.17) is 0 Å². The average Bonchev–Trinajstić information content (AvgIpc) is 3.57. The number of fused-ring (bicyclic) bond motifs is 5. The van der Waals surface area contributed by atoms with Gasteiger partial charge in [0.25, 0.3) is 6.71 Å². The Morgan fingerprint density at radius 1 is 0.405 bits per heavy atom. The molecule has 2 aliphatic heterocycles. The minimum Gasteiger partial charge on any atom is -0.311 e. The van der Waals surface area contributed by atoms with E-state index >= 15 is 0 Å². The molecule has 0 amide bonds. The maximum atomic E-state index is 2.68. The van der Waals surface area contributed by atoms with E-state index < -0.39 is 0 Å². The molecule has 0 saturated carbocycles. The van der Waals surface area contributed by atoms with Crippen molar-refractivity contribution in [1.82, 2.24) is 0 Å². The lowest BCUT2D eigenvalue weighted by Gasteiger charge is -2.46. The molecule has 0 N–H and O–H groups in total. The maximum absolute atomic E-state index is 2.68. The van der Waals surface area contributed by atoms with Crippen LogP contribution >= 0.6 is 0 Å². The molecule has 0 bridgehead atoms. The Kier molecular flexibility index (Phi) is 11.1. The van der Waals surface area contributed by atoms with Gasteiger partial charge in [0.05, 0.1) is 11.4 Å². The Morgan fingerprint density at radius 2 is 0.878 bits per heavy atom. The lowest BCUT2D eigenvalue weighted by atomic mass is 9.33. The minimum absolute atomic E-state index is 0.00443. The Hall–Kier alpha value is -7.56. The van der Waals surface area contributed by atoms with E-state index in [0.717, 1.165) is 23.5 Å². The van der Waals surface area contributed by atoms with Crippen molar-refractivity contribution in [1.29, 1.82) is 0 Å². The Labute approximate surface area is 441 Å². The van der Waals surface area contributed by atoms with E-state index in [1.165, 1.54) is 101 Å². The first-order valence-electron chi connectivity index (χ1n) is 26.8. The zero-order valence-corrected chi connectivity index (χ0v) is 45.2. The summed E-state index contributed by atoms with van der Waals surface area (Å²) < 4.78 is 0. The average molecular weight is 962 g/mol. The molecule has 0 fully saturated rings. The fourth-order valence-electron chi connectivity index (χ4n) is 12.9. The van der Waals surface area contributed by atoms with Crippen LogP contribution < -0.4 is 31.1 Å². The van der Waals surface area contributed by atoms with Gasteiger partial charge in [-0.25, -0.2) is 0 Å². The van der Waals surface area contributed by atoms with Crippen LogP contribution in [-0.2, 0) is 21.7 Å². The van der Waals surface area contributed by atoms with Crippen molar-refractivity contribution < 1.29 is 0 Å². The van der Waals surface area contributed by atoms with Gasteiger partial charge in [-0.05, 0) is 163 Å². The van der Waals surface area contributed by atoms with Crippen LogP contribution in [0.25, 0.3) is 22.3 Å². The Morgan fingerprint density at radius 3 is 1.43 bits per heavy atom. The normalized spacial score (nSPS) is 15.0. The van der Waals surface area contributed by atoms with Crippen molar-refractivity contribution in [3.63, 3.8) is 0 Å². The van der Waals surface area contributed by atoms with Gasteiger partial charge in [-0.2, -0.15) is 0 Å². The van der Waals surface area contributed by atoms with Crippen LogP contribution in [0.1, 0.15) is 103 Å². The molecule has 2 heterocycles. The molecule has 9 aromatic carbocycles. The van der Waals surface area contributed by atoms with Crippen molar-refractivity contribution in [2.75, 3.05) is 14.7 Å². The summed E-state index contributed by atoms with van der Waals surface area (Å²) >= 11 is 0. The number of anilines is 9. The second-order valence-corrected chi connectivity index (χ2v) is 24.6. The predicted octanol–water partition coefficient (Wildman–Crippen LogP) is 17.4. The predicted molar refractivity (Wildman–Crippen MR) is 319 cm³/mol. The van der Waals surface area contributed by atoms with Crippen LogP contribution in [-0.4, -0.2) is 6.71 Å². The molecule has 3 aliphatic rings. The van der Waals surface area contributed by atoms with Gasteiger partial charge in [0.1, 0.15) is 0 Å². The standard InChI is InChI=1S/C70H68BN3/c1-46-38-50(67(2,3)4)33-36-60(46)73-62-35-32-49(47-24-16-12-17-25-47)39-58(62)71-59-43-56-57(70(10,11)45-69(56,8)9)44-63(59)74(61-37-34-51(68(5,6)7)40-55(61)48-26-18-13-19-27-48)65-42-54(41-64(73)66(65)71)72(52-28-20-14-21-29-52)53-30-22-15-23-31-53/h12-44H,45H2,1-11H3. The number of benzene rings is 9. The first kappa shape index (κ1) is 47.4.